The van der Waals surface area contributed by atoms with Gasteiger partial charge in [0, 0.05) is 66.9 Å². The quantitative estimate of drug-likeness (QED) is 0.352. The summed E-state index contributed by atoms with van der Waals surface area (Å²) >= 11 is 1.65. The third-order valence-electron chi connectivity index (χ3n) is 6.03. The van der Waals surface area contributed by atoms with E-state index in [1.165, 1.54) is 0 Å². The summed E-state index contributed by atoms with van der Waals surface area (Å²) in [6.07, 6.45) is 5.59. The molecular formula is C25H31N5O4S. The number of aromatic nitrogens is 4. The molecule has 0 saturated carbocycles. The van der Waals surface area contributed by atoms with E-state index in [2.05, 4.69) is 28.1 Å². The fourth-order valence-electron chi connectivity index (χ4n) is 4.41. The third kappa shape index (κ3) is 4.99. The summed E-state index contributed by atoms with van der Waals surface area (Å²) in [5, 5.41) is 11.5. The van der Waals surface area contributed by atoms with E-state index in [-0.39, 0.29) is 18.9 Å². The van der Waals surface area contributed by atoms with E-state index in [0.717, 1.165) is 50.2 Å². The summed E-state index contributed by atoms with van der Waals surface area (Å²) in [7, 11) is 3.52. The molecule has 3 aromatic heterocycles. The minimum Gasteiger partial charge on any atom is -0.467 e. The first-order valence-electron chi connectivity index (χ1n) is 11.8. The van der Waals surface area contributed by atoms with Gasteiger partial charge in [-0.1, -0.05) is 0 Å². The van der Waals surface area contributed by atoms with Crippen molar-refractivity contribution in [1.82, 2.24) is 24.5 Å². The second kappa shape index (κ2) is 9.16. The largest absolute Gasteiger partial charge is 0.467 e. The molecule has 186 valence electrons. The summed E-state index contributed by atoms with van der Waals surface area (Å²) in [4.78, 5) is 16.2. The van der Waals surface area contributed by atoms with Crippen LogP contribution in [0.1, 0.15) is 39.7 Å². The van der Waals surface area contributed by atoms with Gasteiger partial charge in [0.1, 0.15) is 16.2 Å². The monoisotopic (exact) mass is 497 g/mol. The molecule has 4 aromatic rings. The zero-order valence-corrected chi connectivity index (χ0v) is 21.6. The van der Waals surface area contributed by atoms with Crippen LogP contribution in [0, 0.1) is 0 Å². The Hall–Kier alpha value is -3.11. The van der Waals surface area contributed by atoms with Gasteiger partial charge in [0.15, 0.2) is 6.79 Å². The van der Waals surface area contributed by atoms with Crippen LogP contribution < -0.4 is 4.74 Å². The minimum absolute atomic E-state index is 0.169. The molecule has 0 spiro atoms. The molecule has 1 aliphatic heterocycles. The second-order valence-corrected chi connectivity index (χ2v) is 11.0. The fraction of sp³-hybridized carbons (Fsp3) is 0.480. The van der Waals surface area contributed by atoms with Gasteiger partial charge < -0.3 is 19.1 Å². The molecule has 1 aliphatic rings. The average molecular weight is 498 g/mol. The lowest BCUT2D eigenvalue weighted by atomic mass is 10.1. The Morgan fingerprint density at radius 1 is 1.11 bits per heavy atom. The Morgan fingerprint density at radius 2 is 1.89 bits per heavy atom. The number of hydrogen-bond acceptors (Lipinski definition) is 7. The molecule has 10 heteroatoms. The van der Waals surface area contributed by atoms with E-state index in [4.69, 9.17) is 19.3 Å². The predicted molar refractivity (Wildman–Crippen MR) is 136 cm³/mol. The number of benzene rings is 1. The average Bonchev–Trinajstić information content (AvgIpc) is 3.47. The Labute approximate surface area is 208 Å². The molecule has 1 fully saturated rings. The van der Waals surface area contributed by atoms with Gasteiger partial charge in [0.05, 0.1) is 11.6 Å². The molecule has 0 bridgehead atoms. The maximum absolute atomic E-state index is 12.4. The lowest BCUT2D eigenvalue weighted by Gasteiger charge is -2.33. The number of fused-ring (bicyclic) bond motifs is 2. The zero-order valence-electron chi connectivity index (χ0n) is 20.8. The van der Waals surface area contributed by atoms with Crippen LogP contribution in [0.3, 0.4) is 0 Å². The molecular weight excluding hydrogens is 466 g/mol. The van der Waals surface area contributed by atoms with Gasteiger partial charge in [-0.2, -0.15) is 10.2 Å². The first kappa shape index (κ1) is 23.6. The van der Waals surface area contributed by atoms with E-state index < -0.39 is 5.60 Å². The van der Waals surface area contributed by atoms with Crippen LogP contribution in [-0.4, -0.2) is 63.1 Å². The maximum Gasteiger partial charge on any atom is 0.410 e. The maximum atomic E-state index is 12.4. The minimum atomic E-state index is -0.478. The van der Waals surface area contributed by atoms with Crippen molar-refractivity contribution in [3.63, 3.8) is 0 Å². The molecule has 0 aliphatic carbocycles. The van der Waals surface area contributed by atoms with Gasteiger partial charge in [-0.05, 0) is 45.7 Å². The van der Waals surface area contributed by atoms with E-state index in [1.807, 2.05) is 40.1 Å². The number of rotatable bonds is 5. The Morgan fingerprint density at radius 3 is 2.57 bits per heavy atom. The van der Waals surface area contributed by atoms with Gasteiger partial charge in [0.2, 0.25) is 0 Å². The summed E-state index contributed by atoms with van der Waals surface area (Å²) in [5.74, 6) is 0.740. The number of carbonyl (C=O) groups is 1. The van der Waals surface area contributed by atoms with Crippen LogP contribution in [0.15, 0.2) is 30.6 Å². The fourth-order valence-corrected chi connectivity index (χ4v) is 5.44. The molecule has 0 radical (unpaired) electrons. The number of carbonyl (C=O) groups excluding carboxylic acids is 1. The van der Waals surface area contributed by atoms with Gasteiger partial charge >= 0.3 is 6.09 Å². The zero-order chi connectivity index (χ0) is 24.7. The lowest BCUT2D eigenvalue weighted by Crippen LogP contribution is -2.42. The number of piperidine rings is 1. The standard InChI is InChI=1S/C25H31N5O4S/c1-25(2,3)34-24(31)29-8-6-18(7-9-29)30-14-17-11-22(35-23(17)27-30)19-10-16-13-28(4)26-20(16)12-21(19)33-15-32-5/h10-14,18H,6-9,15H2,1-5H3. The molecule has 1 aromatic carbocycles. The van der Waals surface area contributed by atoms with Crippen molar-refractivity contribution in [3.8, 4) is 16.2 Å². The highest BCUT2D eigenvalue weighted by Crippen LogP contribution is 2.40. The number of thiophene rings is 1. The molecule has 1 saturated heterocycles. The Kier molecular flexibility index (Phi) is 6.18. The van der Waals surface area contributed by atoms with Crippen LogP contribution in [0.2, 0.25) is 0 Å². The molecule has 0 N–H and O–H groups in total. The van der Waals surface area contributed by atoms with E-state index >= 15 is 0 Å². The first-order valence-corrected chi connectivity index (χ1v) is 12.6. The SMILES string of the molecule is COCOc1cc2nn(C)cc2cc1-c1cc2cn(C3CCN(C(=O)OC(C)(C)C)CC3)nc2s1. The van der Waals surface area contributed by atoms with Gasteiger partial charge in [0.25, 0.3) is 0 Å². The third-order valence-corrected chi connectivity index (χ3v) is 7.09. The number of aryl methyl sites for hydroxylation is 1. The topological polar surface area (TPSA) is 83.6 Å². The summed E-state index contributed by atoms with van der Waals surface area (Å²) in [6, 6.07) is 6.50. The highest BCUT2D eigenvalue weighted by atomic mass is 32.1. The highest BCUT2D eigenvalue weighted by Gasteiger charge is 2.28. The summed E-state index contributed by atoms with van der Waals surface area (Å²) in [6.45, 7) is 7.19. The van der Waals surface area contributed by atoms with E-state index in [1.54, 1.807) is 28.0 Å². The van der Waals surface area contributed by atoms with E-state index in [9.17, 15) is 4.79 Å². The molecule has 5 rings (SSSR count). The highest BCUT2D eigenvalue weighted by molar-refractivity contribution is 7.21. The Balaban J connectivity index is 1.34. The van der Waals surface area contributed by atoms with Crippen LogP contribution in [0.5, 0.6) is 5.75 Å². The van der Waals surface area contributed by atoms with Crippen molar-refractivity contribution >= 4 is 38.5 Å². The molecule has 9 nitrogen and oxygen atoms in total. The van der Waals surface area contributed by atoms with Crippen molar-refractivity contribution in [2.24, 2.45) is 7.05 Å². The van der Waals surface area contributed by atoms with Crippen molar-refractivity contribution in [2.45, 2.75) is 45.3 Å². The van der Waals surface area contributed by atoms with Gasteiger partial charge in [-0.15, -0.1) is 11.3 Å². The van der Waals surface area contributed by atoms with Gasteiger partial charge in [-0.25, -0.2) is 4.79 Å². The lowest BCUT2D eigenvalue weighted by molar-refractivity contribution is 0.0185. The number of ether oxygens (including phenoxy) is 3. The van der Waals surface area contributed by atoms with Crippen molar-refractivity contribution in [1.29, 1.82) is 0 Å². The number of nitrogens with zero attached hydrogens (tertiary/aromatic N) is 5. The van der Waals surface area contributed by atoms with Gasteiger partial charge in [-0.3, -0.25) is 9.36 Å². The molecule has 1 amide bonds. The Bertz CT molecular complexity index is 1330. The van der Waals surface area contributed by atoms with Crippen LogP contribution in [0.25, 0.3) is 31.6 Å². The van der Waals surface area contributed by atoms with Crippen LogP contribution in [-0.2, 0) is 16.5 Å². The number of methoxy groups -OCH3 is 1. The van der Waals surface area contributed by atoms with Crippen molar-refractivity contribution in [3.05, 3.63) is 30.6 Å². The van der Waals surface area contributed by atoms with Crippen LogP contribution >= 0.6 is 11.3 Å². The smallest absolute Gasteiger partial charge is 0.410 e. The number of likely N-dealkylation sites (tertiary alicyclic amines) is 1. The number of hydrogen-bond donors (Lipinski definition) is 0. The molecule has 0 atom stereocenters. The van der Waals surface area contributed by atoms with E-state index in [0.29, 0.717) is 13.1 Å². The first-order chi connectivity index (χ1) is 16.7. The van der Waals surface area contributed by atoms with Crippen LogP contribution in [0.4, 0.5) is 4.79 Å². The van der Waals surface area contributed by atoms with Crippen molar-refractivity contribution < 1.29 is 19.0 Å². The number of amides is 1. The predicted octanol–water partition coefficient (Wildman–Crippen LogP) is 5.21. The molecule has 0 unspecified atom stereocenters. The van der Waals surface area contributed by atoms with Crippen molar-refractivity contribution in [2.75, 3.05) is 27.0 Å². The second-order valence-electron chi connectivity index (χ2n) is 9.94. The summed E-state index contributed by atoms with van der Waals surface area (Å²) in [5.41, 5.74) is 1.41. The normalized spacial score (nSPS) is 15.3. The molecule has 4 heterocycles. The molecule has 35 heavy (non-hydrogen) atoms. The summed E-state index contributed by atoms with van der Waals surface area (Å²) < 4.78 is 20.4.